The van der Waals surface area contributed by atoms with E-state index in [1.54, 1.807) is 6.20 Å². The van der Waals surface area contributed by atoms with Crippen LogP contribution >= 0.6 is 0 Å². The predicted molar refractivity (Wildman–Crippen MR) is 47.7 cm³/mol. The van der Waals surface area contributed by atoms with E-state index in [-0.39, 0.29) is 0 Å². The van der Waals surface area contributed by atoms with Crippen LogP contribution in [0.1, 0.15) is 5.82 Å². The third-order valence-corrected chi connectivity index (χ3v) is 2.02. The number of aryl methyl sites for hydroxylation is 1. The summed E-state index contributed by atoms with van der Waals surface area (Å²) in [6.07, 6.45) is 3.12. The van der Waals surface area contributed by atoms with E-state index in [0.29, 0.717) is 11.6 Å². The lowest BCUT2D eigenvalue weighted by molar-refractivity contribution is 0.556. The molecule has 0 saturated carbocycles. The highest BCUT2D eigenvalue weighted by Gasteiger charge is 2.23. The molecule has 2 aromatic heterocycles. The molecule has 0 amide bonds. The minimum Gasteiger partial charge on any atom is -0.540 e. The lowest BCUT2D eigenvalue weighted by Gasteiger charge is -2.16. The Labute approximate surface area is 80.2 Å². The van der Waals surface area contributed by atoms with Crippen molar-refractivity contribution in [2.75, 3.05) is 0 Å². The fourth-order valence-corrected chi connectivity index (χ4v) is 1.42. The van der Waals surface area contributed by atoms with Crippen molar-refractivity contribution in [3.05, 3.63) is 18.3 Å². The Morgan fingerprint density at radius 2 is 2.36 bits per heavy atom. The largest absolute Gasteiger partial charge is 0.540 e. The average Bonchev–Trinajstić information content (AvgIpc) is 2.61. The molecule has 1 aliphatic heterocycles. The van der Waals surface area contributed by atoms with Gasteiger partial charge in [0.05, 0.1) is 6.20 Å². The zero-order chi connectivity index (χ0) is 9.54. The molecule has 3 heterocycles. The molecule has 67 valence electrons. The minimum absolute atomic E-state index is 0.524. The van der Waals surface area contributed by atoms with Gasteiger partial charge in [-0.3, -0.25) is 4.57 Å². The Balaban J connectivity index is 2.32. The van der Waals surface area contributed by atoms with E-state index in [1.807, 2.05) is 11.5 Å². The summed E-state index contributed by atoms with van der Waals surface area (Å²) >= 11 is 0. The maximum Gasteiger partial charge on any atom is 0.454 e. The summed E-state index contributed by atoms with van der Waals surface area (Å²) in [5, 5.41) is 7.88. The smallest absolute Gasteiger partial charge is 0.454 e. The second kappa shape index (κ2) is 2.54. The fraction of sp³-hybridized carbons (Fsp3) is 0.143. The van der Waals surface area contributed by atoms with Crippen molar-refractivity contribution >= 4 is 13.2 Å². The van der Waals surface area contributed by atoms with Crippen molar-refractivity contribution in [2.45, 2.75) is 6.92 Å². The summed E-state index contributed by atoms with van der Waals surface area (Å²) < 4.78 is 7.11. The van der Waals surface area contributed by atoms with Gasteiger partial charge in [-0.2, -0.15) is 0 Å². The Hall–Kier alpha value is -1.92. The van der Waals surface area contributed by atoms with Gasteiger partial charge in [-0.15, -0.1) is 10.2 Å². The van der Waals surface area contributed by atoms with Crippen LogP contribution in [0.4, 0.5) is 0 Å². The first-order chi connectivity index (χ1) is 6.86. The second-order valence-corrected chi connectivity index (χ2v) is 2.89. The number of fused-ring (bicyclic) bond motifs is 3. The van der Waals surface area contributed by atoms with Crippen molar-refractivity contribution < 1.29 is 4.65 Å². The molecule has 0 bridgehead atoms. The molecule has 2 aromatic rings. The van der Waals surface area contributed by atoms with E-state index in [2.05, 4.69) is 20.2 Å². The van der Waals surface area contributed by atoms with Gasteiger partial charge in [-0.05, 0) is 6.92 Å². The maximum atomic E-state index is 5.26. The Morgan fingerprint density at radius 1 is 1.43 bits per heavy atom. The molecule has 0 aromatic carbocycles. The molecular formula is C7H5BN5O. The van der Waals surface area contributed by atoms with Crippen LogP contribution in [0.2, 0.25) is 0 Å². The van der Waals surface area contributed by atoms with Gasteiger partial charge >= 0.3 is 7.48 Å². The lowest BCUT2D eigenvalue weighted by Crippen LogP contribution is -2.35. The molecule has 6 nitrogen and oxygen atoms in total. The van der Waals surface area contributed by atoms with Gasteiger partial charge in [-0.25, -0.2) is 9.97 Å². The topological polar surface area (TPSA) is 65.7 Å². The summed E-state index contributed by atoms with van der Waals surface area (Å²) in [6.45, 7) is 1.87. The molecule has 0 unspecified atom stereocenters. The van der Waals surface area contributed by atoms with Gasteiger partial charge in [-0.1, -0.05) is 0 Å². The molecular weight excluding hydrogens is 181 g/mol. The van der Waals surface area contributed by atoms with E-state index in [4.69, 9.17) is 4.65 Å². The monoisotopic (exact) mass is 186 g/mol. The molecule has 0 aliphatic carbocycles. The van der Waals surface area contributed by atoms with E-state index >= 15 is 0 Å². The summed E-state index contributed by atoms with van der Waals surface area (Å²) in [5.41, 5.74) is 1.43. The van der Waals surface area contributed by atoms with E-state index < -0.39 is 0 Å². The van der Waals surface area contributed by atoms with Gasteiger partial charge in [0.15, 0.2) is 0 Å². The number of hydrogen-bond donors (Lipinski definition) is 0. The van der Waals surface area contributed by atoms with Crippen LogP contribution in [0.5, 0.6) is 5.88 Å². The fourth-order valence-electron chi connectivity index (χ4n) is 1.42. The number of hydrogen-bond acceptors (Lipinski definition) is 5. The predicted octanol–water partition coefficient (Wildman–Crippen LogP) is -0.997. The maximum absolute atomic E-state index is 5.26. The normalized spacial score (nSPS) is 12.4. The first-order valence-electron chi connectivity index (χ1n) is 4.08. The number of nitrogens with zero attached hydrogens (tertiary/aromatic N) is 5. The third kappa shape index (κ3) is 0.861. The van der Waals surface area contributed by atoms with Crippen LogP contribution in [0, 0.1) is 6.92 Å². The molecule has 7 heteroatoms. The highest BCUT2D eigenvalue weighted by molar-refractivity contribution is 6.46. The summed E-state index contributed by atoms with van der Waals surface area (Å²) in [6, 6.07) is 0. The molecule has 0 fully saturated rings. The van der Waals surface area contributed by atoms with Gasteiger partial charge in [0.1, 0.15) is 23.6 Å². The van der Waals surface area contributed by atoms with Gasteiger partial charge in [0.25, 0.3) is 0 Å². The highest BCUT2D eigenvalue weighted by Crippen LogP contribution is 2.20. The van der Waals surface area contributed by atoms with Crippen LogP contribution in [0.15, 0.2) is 12.5 Å². The van der Waals surface area contributed by atoms with Crippen molar-refractivity contribution in [3.63, 3.8) is 0 Å². The Bertz CT molecular complexity index is 497. The first-order valence-corrected chi connectivity index (χ1v) is 4.08. The van der Waals surface area contributed by atoms with Crippen LogP contribution in [0.25, 0.3) is 5.69 Å². The zero-order valence-corrected chi connectivity index (χ0v) is 7.38. The van der Waals surface area contributed by atoms with Gasteiger partial charge < -0.3 is 4.65 Å². The second-order valence-electron chi connectivity index (χ2n) is 2.89. The molecule has 0 N–H and O–H groups in total. The van der Waals surface area contributed by atoms with Crippen LogP contribution in [-0.4, -0.2) is 32.2 Å². The molecule has 14 heavy (non-hydrogen) atoms. The molecule has 0 atom stereocenters. The number of rotatable bonds is 0. The Morgan fingerprint density at radius 3 is 3.29 bits per heavy atom. The minimum atomic E-state index is 0.524. The summed E-state index contributed by atoms with van der Waals surface area (Å²) in [5.74, 6) is 1.31. The molecule has 1 aliphatic rings. The molecule has 0 saturated heterocycles. The van der Waals surface area contributed by atoms with Crippen molar-refractivity contribution in [2.24, 2.45) is 0 Å². The summed E-state index contributed by atoms with van der Waals surface area (Å²) in [7, 11) is 1.52. The van der Waals surface area contributed by atoms with E-state index in [1.165, 1.54) is 13.8 Å². The summed E-state index contributed by atoms with van der Waals surface area (Å²) in [4.78, 5) is 7.93. The van der Waals surface area contributed by atoms with Crippen LogP contribution in [-0.2, 0) is 0 Å². The molecule has 1 radical (unpaired) electrons. The van der Waals surface area contributed by atoms with Crippen LogP contribution < -0.4 is 10.4 Å². The number of aromatic nitrogens is 5. The quantitative estimate of drug-likeness (QED) is 0.493. The van der Waals surface area contributed by atoms with Crippen molar-refractivity contribution in [1.29, 1.82) is 0 Å². The SMILES string of the molecule is Cc1nnc2n1-c1cncnc1O[B]2. The molecule has 0 spiro atoms. The third-order valence-electron chi connectivity index (χ3n) is 2.02. The van der Waals surface area contributed by atoms with Gasteiger partial charge in [0.2, 0.25) is 5.88 Å². The van der Waals surface area contributed by atoms with Crippen LogP contribution in [0.3, 0.4) is 0 Å². The first kappa shape index (κ1) is 7.49. The highest BCUT2D eigenvalue weighted by atomic mass is 16.4. The standard InChI is InChI=1S/C7H5BN5O/c1-4-11-12-7-8-14-6-5(13(4)7)2-9-3-10-6/h2-3H,1H3. The lowest BCUT2D eigenvalue weighted by atomic mass is 9.98. The van der Waals surface area contributed by atoms with Crippen molar-refractivity contribution in [1.82, 2.24) is 24.7 Å². The zero-order valence-electron chi connectivity index (χ0n) is 7.38. The van der Waals surface area contributed by atoms with Crippen molar-refractivity contribution in [3.8, 4) is 11.6 Å². The van der Waals surface area contributed by atoms with E-state index in [9.17, 15) is 0 Å². The molecule has 3 rings (SSSR count). The Kier molecular flexibility index (Phi) is 1.36. The van der Waals surface area contributed by atoms with E-state index in [0.717, 1.165) is 11.5 Å². The van der Waals surface area contributed by atoms with Gasteiger partial charge in [0, 0.05) is 0 Å². The average molecular weight is 186 g/mol.